The van der Waals surface area contributed by atoms with Crippen molar-refractivity contribution in [2.75, 3.05) is 12.0 Å². The molecule has 1 amide bonds. The van der Waals surface area contributed by atoms with Crippen LogP contribution in [0.5, 0.6) is 5.75 Å². The van der Waals surface area contributed by atoms with Gasteiger partial charge in [-0.25, -0.2) is 0 Å². The van der Waals surface area contributed by atoms with E-state index < -0.39 is 17.7 Å². The van der Waals surface area contributed by atoms with Crippen molar-refractivity contribution in [3.8, 4) is 5.75 Å². The first-order valence-corrected chi connectivity index (χ1v) is 9.93. The van der Waals surface area contributed by atoms with Gasteiger partial charge in [0.15, 0.2) is 0 Å². The second-order valence-corrected chi connectivity index (χ2v) is 7.44. The van der Waals surface area contributed by atoms with Crippen molar-refractivity contribution in [2.24, 2.45) is 0 Å². The van der Waals surface area contributed by atoms with E-state index in [1.807, 2.05) is 0 Å². The normalized spacial score (nSPS) is 17.8. The smallest absolute Gasteiger partial charge is 0.300 e. The lowest BCUT2D eigenvalue weighted by Gasteiger charge is -2.26. The molecule has 1 saturated heterocycles. The lowest BCUT2D eigenvalue weighted by molar-refractivity contribution is -0.132. The third-order valence-corrected chi connectivity index (χ3v) is 5.68. The monoisotopic (exact) mass is 434 g/mol. The second-order valence-electron chi connectivity index (χ2n) is 7.04. The largest absolute Gasteiger partial charge is 0.507 e. The molecule has 31 heavy (non-hydrogen) atoms. The predicted octanol–water partition coefficient (Wildman–Crippen LogP) is 4.68. The molecule has 1 aliphatic rings. The van der Waals surface area contributed by atoms with Crippen LogP contribution in [0.2, 0.25) is 5.02 Å². The number of pyridine rings is 1. The number of aromatic nitrogens is 1. The fraction of sp³-hybridized carbons (Fsp3) is 0.125. The fourth-order valence-corrected chi connectivity index (χ4v) is 3.83. The molecule has 1 atom stereocenters. The Balaban J connectivity index is 1.95. The van der Waals surface area contributed by atoms with Gasteiger partial charge in [-0.1, -0.05) is 23.7 Å². The zero-order valence-electron chi connectivity index (χ0n) is 16.9. The van der Waals surface area contributed by atoms with Crippen LogP contribution in [0.4, 0.5) is 5.69 Å². The molecule has 6 nitrogen and oxygen atoms in total. The number of aliphatic hydroxyl groups is 1. The summed E-state index contributed by atoms with van der Waals surface area (Å²) in [6.07, 6.45) is 1.58. The van der Waals surface area contributed by atoms with Crippen molar-refractivity contribution in [2.45, 2.75) is 13.0 Å². The molecule has 156 valence electrons. The number of amides is 1. The minimum atomic E-state index is -0.902. The van der Waals surface area contributed by atoms with Crippen LogP contribution in [0.1, 0.15) is 22.9 Å². The molecule has 1 unspecified atom stereocenters. The van der Waals surface area contributed by atoms with Gasteiger partial charge in [0.25, 0.3) is 11.7 Å². The molecular weight excluding hydrogens is 416 g/mol. The summed E-state index contributed by atoms with van der Waals surface area (Å²) < 4.78 is 5.15. The Morgan fingerprint density at radius 1 is 1.06 bits per heavy atom. The number of hydrogen-bond acceptors (Lipinski definition) is 5. The third kappa shape index (κ3) is 3.55. The van der Waals surface area contributed by atoms with Crippen LogP contribution in [0.25, 0.3) is 5.76 Å². The maximum atomic E-state index is 13.1. The maximum Gasteiger partial charge on any atom is 0.300 e. The molecule has 0 spiro atoms. The molecule has 0 saturated carbocycles. The number of halogens is 1. The summed E-state index contributed by atoms with van der Waals surface area (Å²) >= 11 is 6.28. The molecule has 1 N–H and O–H groups in total. The Bertz CT molecular complexity index is 1190. The average Bonchev–Trinajstić information content (AvgIpc) is 3.06. The van der Waals surface area contributed by atoms with Crippen LogP contribution in [0, 0.1) is 6.92 Å². The van der Waals surface area contributed by atoms with Crippen LogP contribution in [0.15, 0.2) is 72.4 Å². The van der Waals surface area contributed by atoms with Crippen molar-refractivity contribution < 1.29 is 19.4 Å². The highest BCUT2D eigenvalue weighted by Crippen LogP contribution is 2.43. The molecule has 2 aromatic carbocycles. The van der Waals surface area contributed by atoms with Crippen LogP contribution in [-0.4, -0.2) is 28.9 Å². The second kappa shape index (κ2) is 8.24. The van der Waals surface area contributed by atoms with Crippen LogP contribution >= 0.6 is 11.6 Å². The fourth-order valence-electron chi connectivity index (χ4n) is 3.66. The van der Waals surface area contributed by atoms with Gasteiger partial charge in [-0.3, -0.25) is 19.5 Å². The van der Waals surface area contributed by atoms with Gasteiger partial charge in [0.2, 0.25) is 0 Å². The molecule has 1 fully saturated rings. The highest BCUT2D eigenvalue weighted by Gasteiger charge is 2.48. The molecule has 4 rings (SSSR count). The van der Waals surface area contributed by atoms with E-state index in [4.69, 9.17) is 16.3 Å². The van der Waals surface area contributed by atoms with E-state index in [1.165, 1.54) is 12.0 Å². The molecule has 0 aliphatic carbocycles. The Morgan fingerprint density at radius 3 is 2.45 bits per heavy atom. The van der Waals surface area contributed by atoms with Gasteiger partial charge < -0.3 is 9.84 Å². The van der Waals surface area contributed by atoms with Gasteiger partial charge in [-0.15, -0.1) is 0 Å². The molecule has 1 aliphatic heterocycles. The van der Waals surface area contributed by atoms with Gasteiger partial charge >= 0.3 is 0 Å². The zero-order chi connectivity index (χ0) is 22.1. The topological polar surface area (TPSA) is 79.7 Å². The van der Waals surface area contributed by atoms with E-state index in [0.717, 1.165) is 0 Å². The minimum Gasteiger partial charge on any atom is -0.507 e. The van der Waals surface area contributed by atoms with Crippen molar-refractivity contribution in [3.05, 3.63) is 94.3 Å². The van der Waals surface area contributed by atoms with E-state index in [0.29, 0.717) is 33.3 Å². The van der Waals surface area contributed by atoms with E-state index >= 15 is 0 Å². The highest BCUT2D eigenvalue weighted by atomic mass is 35.5. The van der Waals surface area contributed by atoms with Crippen molar-refractivity contribution in [1.29, 1.82) is 0 Å². The first-order valence-electron chi connectivity index (χ1n) is 9.55. The number of ether oxygens (including phenoxy) is 1. The summed E-state index contributed by atoms with van der Waals surface area (Å²) in [6.45, 7) is 1.77. The van der Waals surface area contributed by atoms with Gasteiger partial charge in [-0.05, 0) is 61.0 Å². The van der Waals surface area contributed by atoms with Crippen LogP contribution in [-0.2, 0) is 9.59 Å². The summed E-state index contributed by atoms with van der Waals surface area (Å²) in [5.74, 6) is -1.22. The number of carbonyl (C=O) groups excluding carboxylic acids is 2. The van der Waals surface area contributed by atoms with Crippen LogP contribution in [0.3, 0.4) is 0 Å². The number of hydrogen-bond donors (Lipinski definition) is 1. The molecule has 3 aromatic rings. The van der Waals surface area contributed by atoms with Gasteiger partial charge in [-0.2, -0.15) is 0 Å². The molecular formula is C24H19ClN2O4. The number of aliphatic hydroxyl groups excluding tert-OH is 1. The summed E-state index contributed by atoms with van der Waals surface area (Å²) in [5.41, 5.74) is 1.95. The number of ketones is 1. The maximum absolute atomic E-state index is 13.1. The standard InChI is InChI=1S/C24H19ClN2O4/c1-14-17(25)6-5-8-19(14)27-21(18-7-3-4-13-26-18)20(23(29)24(27)30)22(28)15-9-11-16(31-2)12-10-15/h3-13,21,28H,1-2H3/b22-20+. The number of nitrogens with zero attached hydrogens (tertiary/aromatic N) is 2. The molecule has 2 heterocycles. The highest BCUT2D eigenvalue weighted by molar-refractivity contribution is 6.52. The summed E-state index contributed by atoms with van der Waals surface area (Å²) in [7, 11) is 1.54. The Kier molecular flexibility index (Phi) is 5.48. The number of Topliss-reactive ketones (excluding diaryl/α,β-unsaturated/α-hetero) is 1. The number of methoxy groups -OCH3 is 1. The Morgan fingerprint density at radius 2 is 1.81 bits per heavy atom. The summed E-state index contributed by atoms with van der Waals surface area (Å²) in [4.78, 5) is 32.0. The van der Waals surface area contributed by atoms with E-state index in [2.05, 4.69) is 4.98 Å². The van der Waals surface area contributed by atoms with Crippen molar-refractivity contribution in [3.63, 3.8) is 0 Å². The molecule has 0 radical (unpaired) electrons. The van der Waals surface area contributed by atoms with Crippen molar-refractivity contribution in [1.82, 2.24) is 4.98 Å². The average molecular weight is 435 g/mol. The number of benzene rings is 2. The van der Waals surface area contributed by atoms with E-state index in [1.54, 1.807) is 73.8 Å². The zero-order valence-corrected chi connectivity index (χ0v) is 17.6. The number of anilines is 1. The Labute approximate surface area is 184 Å². The lowest BCUT2D eigenvalue weighted by Crippen LogP contribution is -2.30. The third-order valence-electron chi connectivity index (χ3n) is 5.27. The SMILES string of the molecule is COc1ccc(/C(O)=C2\C(=O)C(=O)N(c3cccc(Cl)c3C)C2c2ccccn2)cc1. The van der Waals surface area contributed by atoms with E-state index in [9.17, 15) is 14.7 Å². The minimum absolute atomic E-state index is 0.0340. The molecule has 0 bridgehead atoms. The van der Waals surface area contributed by atoms with E-state index in [-0.39, 0.29) is 11.3 Å². The van der Waals surface area contributed by atoms with Crippen LogP contribution < -0.4 is 9.64 Å². The quantitative estimate of drug-likeness (QED) is 0.366. The lowest BCUT2D eigenvalue weighted by atomic mass is 9.98. The first kappa shape index (κ1) is 20.6. The van der Waals surface area contributed by atoms with Gasteiger partial charge in [0.05, 0.1) is 18.4 Å². The predicted molar refractivity (Wildman–Crippen MR) is 118 cm³/mol. The summed E-state index contributed by atoms with van der Waals surface area (Å²) in [5, 5.41) is 11.5. The molecule has 7 heteroatoms. The number of rotatable bonds is 4. The van der Waals surface area contributed by atoms with Crippen molar-refractivity contribution >= 4 is 34.7 Å². The first-order chi connectivity index (χ1) is 14.9. The molecule has 1 aromatic heterocycles. The Hall–Kier alpha value is -3.64. The number of carbonyl (C=O) groups is 2. The summed E-state index contributed by atoms with van der Waals surface area (Å²) in [6, 6.07) is 16.0. The van der Waals surface area contributed by atoms with Gasteiger partial charge in [0, 0.05) is 22.5 Å². The van der Waals surface area contributed by atoms with Gasteiger partial charge in [0.1, 0.15) is 17.6 Å².